The average molecular weight is 286 g/mol. The molecule has 1 rings (SSSR count). The molecule has 0 fully saturated rings. The lowest BCUT2D eigenvalue weighted by Crippen LogP contribution is -2.32. The van der Waals surface area contributed by atoms with Gasteiger partial charge in [0.25, 0.3) is 0 Å². The number of aromatic nitrogens is 1. The molecule has 1 aromatic rings. The first-order valence-electron chi connectivity index (χ1n) is 5.79. The van der Waals surface area contributed by atoms with Crippen LogP contribution in [0.3, 0.4) is 0 Å². The van der Waals surface area contributed by atoms with E-state index in [1.807, 2.05) is 13.8 Å². The van der Waals surface area contributed by atoms with Gasteiger partial charge in [-0.15, -0.1) is 0 Å². The zero-order valence-electron chi connectivity index (χ0n) is 10.7. The number of carbonyl (C=O) groups excluding carboxylic acids is 1. The summed E-state index contributed by atoms with van der Waals surface area (Å²) in [5, 5.41) is 14.4. The molecule has 1 heterocycles. The van der Waals surface area contributed by atoms with Crippen LogP contribution in [0.4, 0.5) is 5.82 Å². The van der Waals surface area contributed by atoms with Crippen molar-refractivity contribution in [2.75, 3.05) is 18.4 Å². The molecule has 0 atom stereocenters. The highest BCUT2D eigenvalue weighted by molar-refractivity contribution is 6.33. The highest BCUT2D eigenvalue weighted by Crippen LogP contribution is 2.17. The van der Waals surface area contributed by atoms with Gasteiger partial charge < -0.3 is 15.7 Å². The van der Waals surface area contributed by atoms with Crippen molar-refractivity contribution in [3.8, 4) is 0 Å². The molecule has 19 heavy (non-hydrogen) atoms. The van der Waals surface area contributed by atoms with Gasteiger partial charge in [0.15, 0.2) is 0 Å². The van der Waals surface area contributed by atoms with Gasteiger partial charge >= 0.3 is 5.97 Å². The lowest BCUT2D eigenvalue weighted by molar-refractivity contribution is -0.119. The Morgan fingerprint density at radius 1 is 1.47 bits per heavy atom. The van der Waals surface area contributed by atoms with Gasteiger partial charge in [-0.2, -0.15) is 0 Å². The fourth-order valence-corrected chi connectivity index (χ4v) is 1.43. The minimum Gasteiger partial charge on any atom is -0.478 e. The molecule has 0 radical (unpaired) electrons. The molecule has 104 valence electrons. The zero-order chi connectivity index (χ0) is 14.4. The number of hydrogen-bond acceptors (Lipinski definition) is 4. The Labute approximate surface area is 116 Å². The van der Waals surface area contributed by atoms with Gasteiger partial charge in [-0.25, -0.2) is 9.78 Å². The van der Waals surface area contributed by atoms with Gasteiger partial charge in [0.1, 0.15) is 5.82 Å². The molecule has 0 aliphatic carbocycles. The van der Waals surface area contributed by atoms with E-state index in [2.05, 4.69) is 15.6 Å². The van der Waals surface area contributed by atoms with E-state index in [0.717, 1.165) is 0 Å². The Bertz CT molecular complexity index is 477. The lowest BCUT2D eigenvalue weighted by Gasteiger charge is -2.09. The number of aromatic carboxylic acids is 1. The molecule has 0 saturated carbocycles. The van der Waals surface area contributed by atoms with E-state index >= 15 is 0 Å². The lowest BCUT2D eigenvalue weighted by atomic mass is 10.2. The molecule has 0 aliphatic heterocycles. The number of rotatable bonds is 6. The predicted molar refractivity (Wildman–Crippen MR) is 72.5 cm³/mol. The normalized spacial score (nSPS) is 10.3. The molecule has 0 aliphatic rings. The van der Waals surface area contributed by atoms with Crippen molar-refractivity contribution in [2.45, 2.75) is 13.8 Å². The molecule has 1 aromatic heterocycles. The van der Waals surface area contributed by atoms with Gasteiger partial charge in [-0.05, 0) is 12.0 Å². The number of nitrogens with zero attached hydrogens (tertiary/aromatic N) is 1. The van der Waals surface area contributed by atoms with Crippen molar-refractivity contribution in [2.24, 2.45) is 5.92 Å². The predicted octanol–water partition coefficient (Wildman–Crippen LogP) is 1.62. The second kappa shape index (κ2) is 6.94. The van der Waals surface area contributed by atoms with E-state index < -0.39 is 5.97 Å². The van der Waals surface area contributed by atoms with Crippen LogP contribution in [0.25, 0.3) is 0 Å². The Balaban J connectivity index is 2.56. The van der Waals surface area contributed by atoms with Crippen molar-refractivity contribution >= 4 is 29.3 Å². The molecule has 6 nitrogen and oxygen atoms in total. The fraction of sp³-hybridized carbons (Fsp3) is 0.417. The molecule has 0 aromatic carbocycles. The smallest absolute Gasteiger partial charge is 0.337 e. The van der Waals surface area contributed by atoms with E-state index in [0.29, 0.717) is 18.3 Å². The average Bonchev–Trinajstić information content (AvgIpc) is 2.35. The molecule has 1 amide bonds. The molecular weight excluding hydrogens is 270 g/mol. The number of pyridine rings is 1. The summed E-state index contributed by atoms with van der Waals surface area (Å²) in [6.07, 6.45) is 1.24. The number of carboxylic acids is 1. The monoisotopic (exact) mass is 285 g/mol. The number of nitrogens with one attached hydrogen (secondary N) is 2. The van der Waals surface area contributed by atoms with Crippen molar-refractivity contribution in [3.63, 3.8) is 0 Å². The molecule has 0 saturated heterocycles. The number of carbonyl (C=O) groups is 2. The molecule has 0 unspecified atom stereocenters. The highest BCUT2D eigenvalue weighted by atomic mass is 35.5. The van der Waals surface area contributed by atoms with Crippen LogP contribution in [-0.2, 0) is 4.79 Å². The summed E-state index contributed by atoms with van der Waals surface area (Å²) < 4.78 is 0. The second-order valence-corrected chi connectivity index (χ2v) is 4.81. The van der Waals surface area contributed by atoms with E-state index in [9.17, 15) is 9.59 Å². The minimum absolute atomic E-state index is 0.0282. The van der Waals surface area contributed by atoms with Gasteiger partial charge in [-0.3, -0.25) is 4.79 Å². The van der Waals surface area contributed by atoms with Crippen LogP contribution in [0.2, 0.25) is 5.02 Å². The third kappa shape index (κ3) is 5.13. The van der Waals surface area contributed by atoms with Gasteiger partial charge in [0.2, 0.25) is 5.91 Å². The quantitative estimate of drug-likeness (QED) is 0.739. The van der Waals surface area contributed by atoms with Crippen molar-refractivity contribution < 1.29 is 14.7 Å². The minimum atomic E-state index is -1.14. The summed E-state index contributed by atoms with van der Waals surface area (Å²) in [5.41, 5.74) is -0.0539. The fourth-order valence-electron chi connectivity index (χ4n) is 1.25. The summed E-state index contributed by atoms with van der Waals surface area (Å²) >= 11 is 5.69. The van der Waals surface area contributed by atoms with E-state index in [4.69, 9.17) is 16.7 Å². The van der Waals surface area contributed by atoms with Crippen LogP contribution in [0.15, 0.2) is 12.3 Å². The number of halogens is 1. The van der Waals surface area contributed by atoms with Crippen LogP contribution in [0.1, 0.15) is 24.2 Å². The molecular formula is C12H16ClN3O3. The third-order valence-electron chi connectivity index (χ3n) is 2.22. The highest BCUT2D eigenvalue weighted by Gasteiger charge is 2.11. The van der Waals surface area contributed by atoms with Gasteiger partial charge in [0, 0.05) is 12.7 Å². The Morgan fingerprint density at radius 3 is 2.74 bits per heavy atom. The first kappa shape index (κ1) is 15.2. The first-order chi connectivity index (χ1) is 8.90. The molecule has 7 heteroatoms. The van der Waals surface area contributed by atoms with Crippen molar-refractivity contribution in [1.82, 2.24) is 10.3 Å². The summed E-state index contributed by atoms with van der Waals surface area (Å²) in [7, 11) is 0. The van der Waals surface area contributed by atoms with Crippen LogP contribution in [0, 0.1) is 5.92 Å². The molecule has 0 bridgehead atoms. The standard InChI is InChI=1S/C12H16ClN3O3/c1-7(2)4-16-11(17)6-15-10-3-8(12(18)19)9(13)5-14-10/h3,5,7H,4,6H2,1-2H3,(H,14,15)(H,16,17)(H,18,19). The van der Waals surface area contributed by atoms with E-state index in [1.54, 1.807) is 0 Å². The number of anilines is 1. The number of amides is 1. The van der Waals surface area contributed by atoms with E-state index in [1.165, 1.54) is 12.3 Å². The summed E-state index contributed by atoms with van der Waals surface area (Å²) in [5.74, 6) is -0.653. The maximum Gasteiger partial charge on any atom is 0.337 e. The Hall–Kier alpha value is -1.82. The van der Waals surface area contributed by atoms with Crippen molar-refractivity contribution in [3.05, 3.63) is 22.8 Å². The van der Waals surface area contributed by atoms with Crippen LogP contribution in [0.5, 0.6) is 0 Å². The SMILES string of the molecule is CC(C)CNC(=O)CNc1cc(C(=O)O)c(Cl)cn1. The van der Waals surface area contributed by atoms with Crippen LogP contribution >= 0.6 is 11.6 Å². The largest absolute Gasteiger partial charge is 0.478 e. The van der Waals surface area contributed by atoms with Crippen LogP contribution < -0.4 is 10.6 Å². The number of carboxylic acid groups (broad SMARTS) is 1. The Morgan fingerprint density at radius 2 is 2.16 bits per heavy atom. The zero-order valence-corrected chi connectivity index (χ0v) is 11.5. The van der Waals surface area contributed by atoms with E-state index in [-0.39, 0.29) is 23.0 Å². The molecule has 3 N–H and O–H groups in total. The summed E-state index contributed by atoms with van der Waals surface area (Å²) in [6.45, 7) is 4.61. The molecule has 0 spiro atoms. The Kier molecular flexibility index (Phi) is 5.57. The topological polar surface area (TPSA) is 91.3 Å². The first-order valence-corrected chi connectivity index (χ1v) is 6.17. The summed E-state index contributed by atoms with van der Waals surface area (Å²) in [6, 6.07) is 1.29. The maximum absolute atomic E-state index is 11.5. The summed E-state index contributed by atoms with van der Waals surface area (Å²) in [4.78, 5) is 26.2. The van der Waals surface area contributed by atoms with Gasteiger partial charge in [0.05, 0.1) is 17.1 Å². The van der Waals surface area contributed by atoms with Crippen molar-refractivity contribution in [1.29, 1.82) is 0 Å². The maximum atomic E-state index is 11.5. The second-order valence-electron chi connectivity index (χ2n) is 4.41. The van der Waals surface area contributed by atoms with Crippen LogP contribution in [-0.4, -0.2) is 35.1 Å². The van der Waals surface area contributed by atoms with Gasteiger partial charge in [-0.1, -0.05) is 25.4 Å². The third-order valence-corrected chi connectivity index (χ3v) is 2.52. The number of hydrogen-bond donors (Lipinski definition) is 3.